The molecule has 0 spiro atoms. The number of amides is 1. The second-order valence-electron chi connectivity index (χ2n) is 5.21. The molecule has 1 heterocycles. The van der Waals surface area contributed by atoms with Crippen LogP contribution in [0.5, 0.6) is 0 Å². The number of carbonyl (C=O) groups excluding carboxylic acids is 1. The van der Waals surface area contributed by atoms with Crippen LogP contribution in [0.1, 0.15) is 24.8 Å². The van der Waals surface area contributed by atoms with Crippen LogP contribution in [0.15, 0.2) is 30.3 Å². The van der Waals surface area contributed by atoms with E-state index in [1.807, 2.05) is 30.3 Å². The summed E-state index contributed by atoms with van der Waals surface area (Å²) in [6, 6.07) is 9.58. The molecule has 2 rings (SSSR count). The number of β-amino-alcohol motifs (C(OH)–C–C–N with tert-alkyl or cyclic N) is 1. The van der Waals surface area contributed by atoms with E-state index in [0.29, 0.717) is 13.0 Å². The van der Waals surface area contributed by atoms with Crippen molar-refractivity contribution in [3.05, 3.63) is 35.9 Å². The number of rotatable bonds is 4. The molecule has 19 heavy (non-hydrogen) atoms. The number of hydrogen-bond acceptors (Lipinski definition) is 3. The quantitative estimate of drug-likeness (QED) is 0.848. The Balaban J connectivity index is 1.82. The van der Waals surface area contributed by atoms with Crippen molar-refractivity contribution in [3.8, 4) is 0 Å². The zero-order valence-electron chi connectivity index (χ0n) is 11.2. The van der Waals surface area contributed by atoms with E-state index in [9.17, 15) is 9.90 Å². The Morgan fingerprint density at radius 1 is 1.42 bits per heavy atom. The van der Waals surface area contributed by atoms with Gasteiger partial charge in [-0.15, -0.1) is 0 Å². The van der Waals surface area contributed by atoms with Crippen molar-refractivity contribution in [3.63, 3.8) is 0 Å². The fourth-order valence-electron chi connectivity index (χ4n) is 2.48. The van der Waals surface area contributed by atoms with Crippen molar-refractivity contribution >= 4 is 5.91 Å². The maximum Gasteiger partial charge on any atom is 0.239 e. The molecule has 4 heteroatoms. The minimum atomic E-state index is -0.467. The molecule has 104 valence electrons. The van der Waals surface area contributed by atoms with Crippen LogP contribution in [-0.2, 0) is 11.2 Å². The normalized spacial score (nSPS) is 21.2. The van der Waals surface area contributed by atoms with Crippen LogP contribution in [0.4, 0.5) is 0 Å². The predicted molar refractivity (Wildman–Crippen MR) is 74.6 cm³/mol. The highest BCUT2D eigenvalue weighted by Gasteiger charge is 2.25. The van der Waals surface area contributed by atoms with Gasteiger partial charge in [-0.25, -0.2) is 0 Å². The summed E-state index contributed by atoms with van der Waals surface area (Å²) in [7, 11) is 0. The molecule has 0 saturated carbocycles. The zero-order chi connectivity index (χ0) is 13.7. The van der Waals surface area contributed by atoms with Crippen LogP contribution in [0.25, 0.3) is 0 Å². The number of hydrogen-bond donors (Lipinski definition) is 2. The van der Waals surface area contributed by atoms with Gasteiger partial charge in [0.15, 0.2) is 0 Å². The molecular formula is C15H22N2O2. The van der Waals surface area contributed by atoms with Gasteiger partial charge in [0, 0.05) is 13.1 Å². The average molecular weight is 262 g/mol. The van der Waals surface area contributed by atoms with Gasteiger partial charge >= 0.3 is 0 Å². The predicted octanol–water partition coefficient (Wildman–Crippen LogP) is 0.930. The maximum absolute atomic E-state index is 12.2. The number of carbonyl (C=O) groups is 1. The second kappa shape index (κ2) is 6.68. The Morgan fingerprint density at radius 3 is 2.84 bits per heavy atom. The van der Waals surface area contributed by atoms with Crippen LogP contribution in [0, 0.1) is 0 Å². The van der Waals surface area contributed by atoms with Crippen LogP contribution >= 0.6 is 0 Å². The molecule has 0 bridgehead atoms. The maximum atomic E-state index is 12.2. The first-order valence-corrected chi connectivity index (χ1v) is 6.93. The molecule has 2 atom stereocenters. The molecule has 1 unspecified atom stereocenters. The van der Waals surface area contributed by atoms with Gasteiger partial charge in [-0.1, -0.05) is 30.3 Å². The highest BCUT2D eigenvalue weighted by Crippen LogP contribution is 2.12. The molecule has 0 radical (unpaired) electrons. The lowest BCUT2D eigenvalue weighted by Crippen LogP contribution is -2.49. The Labute approximate surface area is 114 Å². The Morgan fingerprint density at radius 2 is 2.16 bits per heavy atom. The largest absolute Gasteiger partial charge is 0.391 e. The summed E-state index contributed by atoms with van der Waals surface area (Å²) >= 11 is 0. The van der Waals surface area contributed by atoms with Crippen LogP contribution in [0.3, 0.4) is 0 Å². The number of nitrogens with zero attached hydrogens (tertiary/aromatic N) is 1. The third-order valence-corrected chi connectivity index (χ3v) is 3.61. The van der Waals surface area contributed by atoms with Crippen LogP contribution in [-0.4, -0.2) is 41.1 Å². The molecule has 4 nitrogen and oxygen atoms in total. The minimum absolute atomic E-state index is 0.0327. The van der Waals surface area contributed by atoms with Gasteiger partial charge in [-0.05, 0) is 31.2 Å². The van der Waals surface area contributed by atoms with Crippen LogP contribution in [0.2, 0.25) is 0 Å². The van der Waals surface area contributed by atoms with E-state index in [1.54, 1.807) is 4.90 Å². The Hall–Kier alpha value is -1.39. The third kappa shape index (κ3) is 4.04. The standard InChI is InChI=1S/C15H22N2O2/c16-14(9-8-12-5-2-1-3-6-12)15(19)17-10-4-7-13(18)11-17/h1-3,5-6,13-14,18H,4,7-11,16H2/t13-,14?/m0/s1. The highest BCUT2D eigenvalue weighted by atomic mass is 16.3. The van der Waals surface area contributed by atoms with Crippen molar-refractivity contribution < 1.29 is 9.90 Å². The first kappa shape index (κ1) is 14.0. The molecule has 1 aliphatic heterocycles. The zero-order valence-corrected chi connectivity index (χ0v) is 11.2. The molecule has 1 saturated heterocycles. The fourth-order valence-corrected chi connectivity index (χ4v) is 2.48. The van der Waals surface area contributed by atoms with Gasteiger partial charge in [0.2, 0.25) is 5.91 Å². The first-order valence-electron chi connectivity index (χ1n) is 6.93. The molecule has 1 fully saturated rings. The molecule has 1 amide bonds. The second-order valence-corrected chi connectivity index (χ2v) is 5.21. The summed E-state index contributed by atoms with van der Waals surface area (Å²) in [5.41, 5.74) is 7.17. The van der Waals surface area contributed by atoms with E-state index in [-0.39, 0.29) is 12.0 Å². The number of benzene rings is 1. The minimum Gasteiger partial charge on any atom is -0.391 e. The third-order valence-electron chi connectivity index (χ3n) is 3.61. The van der Waals surface area contributed by atoms with E-state index in [4.69, 9.17) is 5.73 Å². The molecule has 1 aromatic rings. The SMILES string of the molecule is NC(CCc1ccccc1)C(=O)N1CCC[C@H](O)C1. The first-order chi connectivity index (χ1) is 9.16. The van der Waals surface area contributed by atoms with Crippen molar-refractivity contribution in [2.45, 2.75) is 37.8 Å². The topological polar surface area (TPSA) is 66.6 Å². The molecule has 1 aliphatic rings. The van der Waals surface area contributed by atoms with Gasteiger partial charge in [-0.3, -0.25) is 4.79 Å². The fraction of sp³-hybridized carbons (Fsp3) is 0.533. The number of likely N-dealkylation sites (tertiary alicyclic amines) is 1. The number of nitrogens with two attached hydrogens (primary N) is 1. The van der Waals surface area contributed by atoms with E-state index in [2.05, 4.69) is 0 Å². The lowest BCUT2D eigenvalue weighted by molar-refractivity contribution is -0.135. The van der Waals surface area contributed by atoms with Crippen molar-refractivity contribution in [2.75, 3.05) is 13.1 Å². The number of piperidine rings is 1. The summed E-state index contributed by atoms with van der Waals surface area (Å²) in [4.78, 5) is 13.9. The van der Waals surface area contributed by atoms with E-state index in [1.165, 1.54) is 5.56 Å². The number of aryl methyl sites for hydroxylation is 1. The summed E-state index contributed by atoms with van der Waals surface area (Å²) < 4.78 is 0. The Kier molecular flexibility index (Phi) is 4.93. The summed E-state index contributed by atoms with van der Waals surface area (Å²) in [6.45, 7) is 1.15. The molecule has 0 aliphatic carbocycles. The van der Waals surface area contributed by atoms with E-state index in [0.717, 1.165) is 25.8 Å². The van der Waals surface area contributed by atoms with E-state index >= 15 is 0 Å². The number of aliphatic hydroxyl groups excluding tert-OH is 1. The van der Waals surface area contributed by atoms with Crippen molar-refractivity contribution in [1.29, 1.82) is 0 Å². The van der Waals surface area contributed by atoms with Crippen molar-refractivity contribution in [2.24, 2.45) is 5.73 Å². The Bertz CT molecular complexity index is 408. The van der Waals surface area contributed by atoms with Gasteiger partial charge in [0.1, 0.15) is 0 Å². The lowest BCUT2D eigenvalue weighted by atomic mass is 10.0. The van der Waals surface area contributed by atoms with E-state index < -0.39 is 6.04 Å². The van der Waals surface area contributed by atoms with Gasteiger partial charge in [0.25, 0.3) is 0 Å². The van der Waals surface area contributed by atoms with Gasteiger partial charge < -0.3 is 15.7 Å². The molecule has 0 aromatic heterocycles. The smallest absolute Gasteiger partial charge is 0.239 e. The lowest BCUT2D eigenvalue weighted by Gasteiger charge is -2.32. The number of aliphatic hydroxyl groups is 1. The molecule has 3 N–H and O–H groups in total. The van der Waals surface area contributed by atoms with Crippen LogP contribution < -0.4 is 5.73 Å². The van der Waals surface area contributed by atoms with Gasteiger partial charge in [-0.2, -0.15) is 0 Å². The molecular weight excluding hydrogens is 240 g/mol. The van der Waals surface area contributed by atoms with Crippen molar-refractivity contribution in [1.82, 2.24) is 4.90 Å². The molecule has 1 aromatic carbocycles. The monoisotopic (exact) mass is 262 g/mol. The van der Waals surface area contributed by atoms with Gasteiger partial charge in [0.05, 0.1) is 12.1 Å². The average Bonchev–Trinajstić information content (AvgIpc) is 2.45. The highest BCUT2D eigenvalue weighted by molar-refractivity contribution is 5.81. The summed E-state index contributed by atoms with van der Waals surface area (Å²) in [5, 5.41) is 9.58. The summed E-state index contributed by atoms with van der Waals surface area (Å²) in [5.74, 6) is -0.0327. The summed E-state index contributed by atoms with van der Waals surface area (Å²) in [6.07, 6.45) is 2.71.